The second-order valence-electron chi connectivity index (χ2n) is 5.59. The fraction of sp³-hybridized carbons (Fsp3) is 0.562. The first kappa shape index (κ1) is 22.2. The van der Waals surface area contributed by atoms with Gasteiger partial charge in [0.15, 0.2) is 15.8 Å². The molecular weight excluding hydrogens is 425 g/mol. The van der Waals surface area contributed by atoms with Crippen LogP contribution in [-0.4, -0.2) is 40.3 Å². The number of hydrogen-bond acceptors (Lipinski definition) is 3. The van der Waals surface area contributed by atoms with Crippen LogP contribution in [0, 0.1) is 5.92 Å². The summed E-state index contributed by atoms with van der Waals surface area (Å²) in [5.41, 5.74) is 0. The summed E-state index contributed by atoms with van der Waals surface area (Å²) in [6.07, 6.45) is 1.62. The maximum Gasteiger partial charge on any atom is 0.190 e. The van der Waals surface area contributed by atoms with E-state index < -0.39 is 9.84 Å². The maximum absolute atomic E-state index is 12.1. The van der Waals surface area contributed by atoms with Crippen LogP contribution in [0.1, 0.15) is 26.7 Å². The molecule has 0 aliphatic heterocycles. The summed E-state index contributed by atoms with van der Waals surface area (Å²) >= 11 is 0. The predicted molar refractivity (Wildman–Crippen MR) is 107 cm³/mol. The van der Waals surface area contributed by atoms with E-state index in [2.05, 4.69) is 29.5 Å². The number of nitrogens with one attached hydrogen (secondary N) is 2. The van der Waals surface area contributed by atoms with Crippen molar-refractivity contribution in [2.45, 2.75) is 31.6 Å². The van der Waals surface area contributed by atoms with Gasteiger partial charge < -0.3 is 10.6 Å². The molecule has 0 saturated heterocycles. The summed E-state index contributed by atoms with van der Waals surface area (Å²) in [4.78, 5) is 4.51. The molecule has 0 unspecified atom stereocenters. The summed E-state index contributed by atoms with van der Waals surface area (Å²) in [5, 5.41) is 6.36. The van der Waals surface area contributed by atoms with E-state index in [1.165, 1.54) is 0 Å². The van der Waals surface area contributed by atoms with E-state index in [-0.39, 0.29) is 29.7 Å². The molecule has 132 valence electrons. The average molecular weight is 453 g/mol. The Kier molecular flexibility index (Phi) is 11.2. The van der Waals surface area contributed by atoms with Crippen LogP contribution in [0.3, 0.4) is 0 Å². The molecule has 23 heavy (non-hydrogen) atoms. The van der Waals surface area contributed by atoms with Crippen molar-refractivity contribution in [1.82, 2.24) is 10.6 Å². The standard InChI is InChI=1S/C16H27N3O2S.HI/c1-14(2)10-12-19-16(17-3)18-11-7-13-22(20,21)15-8-5-4-6-9-15;/h4-6,8-9,14H,7,10-13H2,1-3H3,(H2,17,18,19);1H. The number of aliphatic imine (C=N–C) groups is 1. The van der Waals surface area contributed by atoms with Gasteiger partial charge in [0.25, 0.3) is 0 Å². The highest BCUT2D eigenvalue weighted by atomic mass is 127. The molecule has 1 aromatic rings. The van der Waals surface area contributed by atoms with Crippen molar-refractivity contribution in [2.75, 3.05) is 25.9 Å². The van der Waals surface area contributed by atoms with Crippen LogP contribution in [-0.2, 0) is 9.84 Å². The van der Waals surface area contributed by atoms with E-state index in [0.29, 0.717) is 23.8 Å². The predicted octanol–water partition coefficient (Wildman–Crippen LogP) is 2.68. The minimum atomic E-state index is -3.19. The van der Waals surface area contributed by atoms with E-state index in [0.717, 1.165) is 18.9 Å². The van der Waals surface area contributed by atoms with Crippen molar-refractivity contribution in [2.24, 2.45) is 10.9 Å². The summed E-state index contributed by atoms with van der Waals surface area (Å²) in [7, 11) is -1.48. The number of guanidine groups is 1. The van der Waals surface area contributed by atoms with Gasteiger partial charge in [-0.15, -0.1) is 24.0 Å². The third-order valence-corrected chi connectivity index (χ3v) is 5.04. The zero-order chi connectivity index (χ0) is 16.4. The number of nitrogens with zero attached hydrogens (tertiary/aromatic N) is 1. The molecule has 0 aromatic heterocycles. The van der Waals surface area contributed by atoms with Crippen LogP contribution in [0.4, 0.5) is 0 Å². The number of halogens is 1. The lowest BCUT2D eigenvalue weighted by molar-refractivity contribution is 0.572. The van der Waals surface area contributed by atoms with Gasteiger partial charge in [-0.1, -0.05) is 32.0 Å². The van der Waals surface area contributed by atoms with Crippen molar-refractivity contribution in [3.63, 3.8) is 0 Å². The Hall–Kier alpha value is -0.830. The molecule has 0 atom stereocenters. The molecule has 0 amide bonds. The Labute approximate surface area is 157 Å². The largest absolute Gasteiger partial charge is 0.356 e. The second-order valence-corrected chi connectivity index (χ2v) is 7.70. The van der Waals surface area contributed by atoms with E-state index in [1.54, 1.807) is 31.3 Å². The molecule has 0 fully saturated rings. The average Bonchev–Trinajstić information content (AvgIpc) is 2.50. The molecule has 0 heterocycles. The number of hydrogen-bond donors (Lipinski definition) is 2. The van der Waals surface area contributed by atoms with Crippen LogP contribution in [0.25, 0.3) is 0 Å². The number of sulfone groups is 1. The molecule has 0 saturated carbocycles. The van der Waals surface area contributed by atoms with Crippen molar-refractivity contribution in [3.05, 3.63) is 30.3 Å². The summed E-state index contributed by atoms with van der Waals surface area (Å²) in [5.74, 6) is 1.49. The Morgan fingerprint density at radius 2 is 1.74 bits per heavy atom. The van der Waals surface area contributed by atoms with Gasteiger partial charge in [0.1, 0.15) is 0 Å². The zero-order valence-corrected chi connectivity index (χ0v) is 17.2. The highest BCUT2D eigenvalue weighted by Gasteiger charge is 2.13. The topological polar surface area (TPSA) is 70.6 Å². The first-order valence-electron chi connectivity index (χ1n) is 7.68. The van der Waals surface area contributed by atoms with Gasteiger partial charge >= 0.3 is 0 Å². The molecule has 0 radical (unpaired) electrons. The van der Waals surface area contributed by atoms with Gasteiger partial charge in [-0.25, -0.2) is 8.42 Å². The molecule has 0 spiro atoms. The van der Waals surface area contributed by atoms with Gasteiger partial charge in [0.2, 0.25) is 0 Å². The lowest BCUT2D eigenvalue weighted by Crippen LogP contribution is -2.38. The quantitative estimate of drug-likeness (QED) is 0.275. The van der Waals surface area contributed by atoms with Crippen molar-refractivity contribution < 1.29 is 8.42 Å². The monoisotopic (exact) mass is 453 g/mol. The van der Waals surface area contributed by atoms with Crippen LogP contribution in [0.15, 0.2) is 40.2 Å². The van der Waals surface area contributed by atoms with Crippen LogP contribution in [0.5, 0.6) is 0 Å². The van der Waals surface area contributed by atoms with E-state index in [9.17, 15) is 8.42 Å². The fourth-order valence-electron chi connectivity index (χ4n) is 1.91. The van der Waals surface area contributed by atoms with Crippen LogP contribution in [0.2, 0.25) is 0 Å². The Morgan fingerprint density at radius 1 is 1.13 bits per heavy atom. The highest BCUT2D eigenvalue weighted by molar-refractivity contribution is 14.0. The summed E-state index contributed by atoms with van der Waals surface area (Å²) in [6, 6.07) is 8.56. The van der Waals surface area contributed by atoms with E-state index in [1.807, 2.05) is 6.07 Å². The lowest BCUT2D eigenvalue weighted by atomic mass is 10.1. The normalized spacial score (nSPS) is 11.9. The first-order valence-corrected chi connectivity index (χ1v) is 9.33. The minimum absolute atomic E-state index is 0. The van der Waals surface area contributed by atoms with Gasteiger partial charge in [-0.05, 0) is 30.9 Å². The molecule has 7 heteroatoms. The minimum Gasteiger partial charge on any atom is -0.356 e. The van der Waals surface area contributed by atoms with E-state index in [4.69, 9.17) is 0 Å². The fourth-order valence-corrected chi connectivity index (χ4v) is 3.25. The third kappa shape index (κ3) is 9.14. The second kappa shape index (κ2) is 11.7. The van der Waals surface area contributed by atoms with Gasteiger partial charge in [-0.3, -0.25) is 4.99 Å². The highest BCUT2D eigenvalue weighted by Crippen LogP contribution is 2.10. The Balaban J connectivity index is 0.00000484. The van der Waals surface area contributed by atoms with E-state index >= 15 is 0 Å². The maximum atomic E-state index is 12.1. The van der Waals surface area contributed by atoms with Crippen LogP contribution < -0.4 is 10.6 Å². The summed E-state index contributed by atoms with van der Waals surface area (Å²) < 4.78 is 24.2. The van der Waals surface area contributed by atoms with Crippen LogP contribution >= 0.6 is 24.0 Å². The Bertz CT molecular complexity index is 560. The van der Waals surface area contributed by atoms with Gasteiger partial charge in [0, 0.05) is 20.1 Å². The van der Waals surface area contributed by atoms with Gasteiger partial charge in [0.05, 0.1) is 10.6 Å². The lowest BCUT2D eigenvalue weighted by Gasteiger charge is -2.12. The number of rotatable bonds is 8. The SMILES string of the molecule is CN=C(NCCCS(=O)(=O)c1ccccc1)NCCC(C)C.I. The first-order chi connectivity index (χ1) is 10.5. The van der Waals surface area contributed by atoms with Crippen molar-refractivity contribution >= 4 is 39.8 Å². The Morgan fingerprint density at radius 3 is 2.30 bits per heavy atom. The molecular formula is C16H28IN3O2S. The summed E-state index contributed by atoms with van der Waals surface area (Å²) in [6.45, 7) is 5.78. The third-order valence-electron chi connectivity index (χ3n) is 3.22. The molecule has 0 aliphatic carbocycles. The number of benzene rings is 1. The molecule has 0 aliphatic rings. The smallest absolute Gasteiger partial charge is 0.190 e. The van der Waals surface area contributed by atoms with Crippen molar-refractivity contribution in [3.8, 4) is 0 Å². The molecule has 1 aromatic carbocycles. The van der Waals surface area contributed by atoms with Crippen molar-refractivity contribution in [1.29, 1.82) is 0 Å². The zero-order valence-electron chi connectivity index (χ0n) is 14.1. The molecule has 1 rings (SSSR count). The molecule has 0 bridgehead atoms. The van der Waals surface area contributed by atoms with Gasteiger partial charge in [-0.2, -0.15) is 0 Å². The molecule has 5 nitrogen and oxygen atoms in total. The molecule has 2 N–H and O–H groups in total.